The van der Waals surface area contributed by atoms with Crippen molar-refractivity contribution in [2.45, 2.75) is 369 Å². The molecule has 6 atom stereocenters. The van der Waals surface area contributed by atoms with E-state index in [0.29, 0.717) is 37.5 Å². The van der Waals surface area contributed by atoms with E-state index in [1.54, 1.807) is 0 Å². The summed E-state index contributed by atoms with van der Waals surface area (Å²) in [7, 11) is -9.90. The number of hydrogen-bond donors (Lipinski definition) is 3. The van der Waals surface area contributed by atoms with Crippen LogP contribution in [-0.2, 0) is 65.4 Å². The van der Waals surface area contributed by atoms with Gasteiger partial charge in [0.1, 0.15) is 19.3 Å². The molecule has 0 aromatic rings. The van der Waals surface area contributed by atoms with Crippen LogP contribution in [0.1, 0.15) is 351 Å². The van der Waals surface area contributed by atoms with Crippen molar-refractivity contribution in [2.24, 2.45) is 23.7 Å². The third-order valence-corrected chi connectivity index (χ3v) is 18.6. The number of unbranched alkanes of at least 4 members (excludes halogenated alkanes) is 33. The number of rotatable bonds is 68. The number of hydrogen-bond acceptors (Lipinski definition) is 15. The van der Waals surface area contributed by atoms with Gasteiger partial charge < -0.3 is 33.8 Å². The van der Waals surface area contributed by atoms with Crippen LogP contribution < -0.4 is 0 Å². The molecule has 0 amide bonds. The van der Waals surface area contributed by atoms with E-state index in [2.05, 4.69) is 55.4 Å². The average Bonchev–Trinajstić information content (AvgIpc) is 3.03. The summed E-state index contributed by atoms with van der Waals surface area (Å²) >= 11 is 0. The SMILES string of the molecule is CCC(C)CCCCCCCCCCCCCCCCC(=O)OC[C@H](COP(=O)(O)OCC(O)COP(=O)(O)OC[C@@H](COC(=O)CCCCCCCCCC(C)C)OC(=O)CCCCCCCCCCCCC(C)C)OC(=O)CCCCCCCCC(C)C. The van der Waals surface area contributed by atoms with Crippen LogP contribution in [0, 0.1) is 23.7 Å². The normalized spacial score (nSPS) is 14.6. The van der Waals surface area contributed by atoms with E-state index in [4.69, 9.17) is 37.0 Å². The molecule has 0 aromatic carbocycles. The molecular weight excluding hydrogens is 1190 g/mol. The maximum Gasteiger partial charge on any atom is 0.472 e. The van der Waals surface area contributed by atoms with E-state index >= 15 is 0 Å². The maximum absolute atomic E-state index is 13.0. The molecule has 0 saturated carbocycles. The van der Waals surface area contributed by atoms with Gasteiger partial charge >= 0.3 is 39.5 Å². The second kappa shape index (κ2) is 60.7. The fraction of sp³-hybridized carbons (Fsp3) is 0.944. The monoisotopic (exact) mass is 1320 g/mol. The van der Waals surface area contributed by atoms with Crippen molar-refractivity contribution >= 4 is 39.5 Å². The zero-order valence-corrected chi connectivity index (χ0v) is 60.6. The first-order valence-corrected chi connectivity index (χ1v) is 39.7. The highest BCUT2D eigenvalue weighted by atomic mass is 31.2. The zero-order chi connectivity index (χ0) is 66.8. The van der Waals surface area contributed by atoms with Gasteiger partial charge in [-0.05, 0) is 49.4 Å². The van der Waals surface area contributed by atoms with Crippen LogP contribution in [0.15, 0.2) is 0 Å². The minimum absolute atomic E-state index is 0.102. The number of aliphatic hydroxyl groups excluding tert-OH is 1. The van der Waals surface area contributed by atoms with Crippen molar-refractivity contribution in [1.29, 1.82) is 0 Å². The average molecular weight is 1330 g/mol. The summed E-state index contributed by atoms with van der Waals surface area (Å²) in [6, 6.07) is 0. The molecule has 0 fully saturated rings. The number of esters is 4. The first kappa shape index (κ1) is 88.1. The van der Waals surface area contributed by atoms with Gasteiger partial charge in [0.05, 0.1) is 26.4 Å². The van der Waals surface area contributed by atoms with Crippen molar-refractivity contribution in [3.63, 3.8) is 0 Å². The second-order valence-corrected chi connectivity index (χ2v) is 30.2. The van der Waals surface area contributed by atoms with E-state index in [1.807, 2.05) is 0 Å². The highest BCUT2D eigenvalue weighted by Gasteiger charge is 2.30. The lowest BCUT2D eigenvalue weighted by atomic mass is 9.99. The maximum atomic E-state index is 13.0. The lowest BCUT2D eigenvalue weighted by Gasteiger charge is -2.21. The summed E-state index contributed by atoms with van der Waals surface area (Å²) in [5.41, 5.74) is 0. The van der Waals surface area contributed by atoms with Crippen LogP contribution in [0.4, 0.5) is 0 Å². The van der Waals surface area contributed by atoms with Crippen LogP contribution in [0.25, 0.3) is 0 Å². The van der Waals surface area contributed by atoms with Crippen LogP contribution in [0.5, 0.6) is 0 Å². The molecule has 0 aliphatic heterocycles. The van der Waals surface area contributed by atoms with E-state index in [-0.39, 0.29) is 25.7 Å². The Morgan fingerprint density at radius 3 is 0.789 bits per heavy atom. The Kier molecular flexibility index (Phi) is 59.4. The summed E-state index contributed by atoms with van der Waals surface area (Å²) in [5, 5.41) is 10.6. The molecule has 0 spiro atoms. The highest BCUT2D eigenvalue weighted by Crippen LogP contribution is 2.45. The topological polar surface area (TPSA) is 237 Å². The van der Waals surface area contributed by atoms with Gasteiger partial charge in [0, 0.05) is 25.7 Å². The van der Waals surface area contributed by atoms with Crippen LogP contribution >= 0.6 is 15.6 Å². The van der Waals surface area contributed by atoms with Gasteiger partial charge in [-0.2, -0.15) is 0 Å². The van der Waals surface area contributed by atoms with Gasteiger partial charge in [-0.25, -0.2) is 9.13 Å². The molecule has 17 nitrogen and oxygen atoms in total. The van der Waals surface area contributed by atoms with E-state index in [1.165, 1.54) is 148 Å². The van der Waals surface area contributed by atoms with E-state index in [9.17, 15) is 43.2 Å². The summed E-state index contributed by atoms with van der Waals surface area (Å²) < 4.78 is 68.2. The van der Waals surface area contributed by atoms with Crippen molar-refractivity contribution in [3.8, 4) is 0 Å². The largest absolute Gasteiger partial charge is 0.472 e. The number of aliphatic hydroxyl groups is 1. The molecule has 19 heteroatoms. The summed E-state index contributed by atoms with van der Waals surface area (Å²) in [5.74, 6) is 0.843. The van der Waals surface area contributed by atoms with Gasteiger partial charge in [0.2, 0.25) is 0 Å². The predicted octanol–water partition coefficient (Wildman–Crippen LogP) is 20.1. The van der Waals surface area contributed by atoms with Crippen LogP contribution in [0.2, 0.25) is 0 Å². The Morgan fingerprint density at radius 1 is 0.311 bits per heavy atom. The predicted molar refractivity (Wildman–Crippen MR) is 363 cm³/mol. The molecule has 0 aliphatic rings. The van der Waals surface area contributed by atoms with E-state index in [0.717, 1.165) is 108 Å². The fourth-order valence-corrected chi connectivity index (χ4v) is 12.2. The molecule has 90 heavy (non-hydrogen) atoms. The molecule has 534 valence electrons. The molecule has 3 N–H and O–H groups in total. The van der Waals surface area contributed by atoms with Gasteiger partial charge in [-0.1, -0.05) is 299 Å². The highest BCUT2D eigenvalue weighted by molar-refractivity contribution is 7.47. The quantitative estimate of drug-likeness (QED) is 0.0222. The van der Waals surface area contributed by atoms with Gasteiger partial charge in [0.25, 0.3) is 0 Å². The Bertz CT molecular complexity index is 1780. The third-order valence-electron chi connectivity index (χ3n) is 16.7. The first-order chi connectivity index (χ1) is 43.1. The molecule has 0 bridgehead atoms. The Labute approximate surface area is 549 Å². The van der Waals surface area contributed by atoms with Gasteiger partial charge in [0.15, 0.2) is 12.2 Å². The van der Waals surface area contributed by atoms with Crippen molar-refractivity contribution < 1.29 is 80.2 Å². The number of carbonyl (C=O) groups excluding carboxylic acids is 4. The summed E-state index contributed by atoms with van der Waals surface area (Å²) in [4.78, 5) is 72.5. The summed E-state index contributed by atoms with van der Waals surface area (Å²) in [6.07, 6.45) is 43.3. The molecule has 0 rings (SSSR count). The first-order valence-electron chi connectivity index (χ1n) is 36.7. The van der Waals surface area contributed by atoms with Gasteiger partial charge in [-0.15, -0.1) is 0 Å². The van der Waals surface area contributed by atoms with Gasteiger partial charge in [-0.3, -0.25) is 37.3 Å². The third kappa shape index (κ3) is 63.5. The standard InChI is InChI=1S/C71H138O17P2/c1-9-64(8)50-42-34-25-19-14-12-10-11-13-15-20-26-35-43-51-68(73)81-58-67(88-71(76)54-46-38-30-29-33-41-49-63(6)7)60-86-90(79,80)84-56-65(72)55-83-89(77,78)85-59-66(57-82-69(74)52-44-36-28-22-24-32-40-48-62(4)5)87-70(75)53-45-37-27-21-17-16-18-23-31-39-47-61(2)3/h61-67,72H,9-60H2,1-8H3,(H,77,78)(H,79,80)/t64?,65?,66-,67-/m1/s1. The molecular formula is C71H138O17P2. The molecule has 4 unspecified atom stereocenters. The minimum atomic E-state index is -4.95. The molecule has 0 saturated heterocycles. The van der Waals surface area contributed by atoms with Crippen molar-refractivity contribution in [2.75, 3.05) is 39.6 Å². The number of carbonyl (C=O) groups is 4. The number of phosphoric acid groups is 2. The van der Waals surface area contributed by atoms with E-state index < -0.39 is 97.5 Å². The molecule has 0 aliphatic carbocycles. The molecule has 0 heterocycles. The lowest BCUT2D eigenvalue weighted by Crippen LogP contribution is -2.30. The Balaban J connectivity index is 5.18. The fourth-order valence-electron chi connectivity index (χ4n) is 10.6. The minimum Gasteiger partial charge on any atom is -0.462 e. The second-order valence-electron chi connectivity index (χ2n) is 27.3. The summed E-state index contributed by atoms with van der Waals surface area (Å²) in [6.45, 7) is 14.1. The lowest BCUT2D eigenvalue weighted by molar-refractivity contribution is -0.161. The Hall–Kier alpha value is -1.94. The molecule has 0 radical (unpaired) electrons. The van der Waals surface area contributed by atoms with Crippen molar-refractivity contribution in [3.05, 3.63) is 0 Å². The smallest absolute Gasteiger partial charge is 0.462 e. The zero-order valence-electron chi connectivity index (χ0n) is 58.8. The number of ether oxygens (including phenoxy) is 4. The molecule has 0 aromatic heterocycles. The van der Waals surface area contributed by atoms with Crippen molar-refractivity contribution in [1.82, 2.24) is 0 Å². The van der Waals surface area contributed by atoms with Crippen LogP contribution in [-0.4, -0.2) is 96.7 Å². The Morgan fingerprint density at radius 2 is 0.533 bits per heavy atom. The van der Waals surface area contributed by atoms with Crippen LogP contribution in [0.3, 0.4) is 0 Å². The number of phosphoric ester groups is 2.